The standard InChI is InChI=1S/C18H23NO4/c1-4-12-23-15-9-8-14(13(2)16(15)22-3)17(20)19-18(21)10-6-5-7-11-18/h1,8-9,21H,5-7,10-12H2,2-3H3,(H,19,20). The van der Waals surface area contributed by atoms with Gasteiger partial charge in [-0.05, 0) is 44.7 Å². The Hall–Kier alpha value is -2.19. The summed E-state index contributed by atoms with van der Waals surface area (Å²) >= 11 is 0. The largest absolute Gasteiger partial charge is 0.493 e. The Balaban J connectivity index is 2.22. The zero-order chi connectivity index (χ0) is 16.9. The van der Waals surface area contributed by atoms with E-state index in [1.54, 1.807) is 19.1 Å². The van der Waals surface area contributed by atoms with Crippen molar-refractivity contribution in [1.82, 2.24) is 5.32 Å². The highest BCUT2D eigenvalue weighted by atomic mass is 16.5. The topological polar surface area (TPSA) is 67.8 Å². The fraction of sp³-hybridized carbons (Fsp3) is 0.500. The first-order valence-electron chi connectivity index (χ1n) is 7.79. The quantitative estimate of drug-likeness (QED) is 0.646. The number of hydrogen-bond donors (Lipinski definition) is 2. The molecular weight excluding hydrogens is 294 g/mol. The Morgan fingerprint density at radius 1 is 1.39 bits per heavy atom. The molecule has 0 bridgehead atoms. The lowest BCUT2D eigenvalue weighted by molar-refractivity contribution is -0.0219. The van der Waals surface area contributed by atoms with Gasteiger partial charge in [0.2, 0.25) is 0 Å². The van der Waals surface area contributed by atoms with Crippen molar-refractivity contribution in [3.05, 3.63) is 23.3 Å². The Kier molecular flexibility index (Phi) is 5.51. The number of hydrogen-bond acceptors (Lipinski definition) is 4. The molecule has 1 aliphatic rings. The third-order valence-electron chi connectivity index (χ3n) is 4.16. The van der Waals surface area contributed by atoms with Crippen molar-refractivity contribution in [3.8, 4) is 23.8 Å². The van der Waals surface area contributed by atoms with E-state index in [1.807, 2.05) is 0 Å². The van der Waals surface area contributed by atoms with Crippen LogP contribution in [0, 0.1) is 19.3 Å². The summed E-state index contributed by atoms with van der Waals surface area (Å²) in [6.07, 6.45) is 9.28. The van der Waals surface area contributed by atoms with Gasteiger partial charge in [0.05, 0.1) is 7.11 Å². The average molecular weight is 317 g/mol. The molecule has 124 valence electrons. The summed E-state index contributed by atoms with van der Waals surface area (Å²) in [5.41, 5.74) is -0.0129. The number of aliphatic hydroxyl groups is 1. The third-order valence-corrected chi connectivity index (χ3v) is 4.16. The number of nitrogens with one attached hydrogen (secondary N) is 1. The molecule has 2 N–H and O–H groups in total. The van der Waals surface area contributed by atoms with Crippen molar-refractivity contribution in [2.45, 2.75) is 44.8 Å². The van der Waals surface area contributed by atoms with Gasteiger partial charge in [-0.15, -0.1) is 6.42 Å². The van der Waals surface area contributed by atoms with E-state index >= 15 is 0 Å². The number of rotatable bonds is 5. The van der Waals surface area contributed by atoms with Gasteiger partial charge in [0.1, 0.15) is 12.3 Å². The van der Waals surface area contributed by atoms with Crippen molar-refractivity contribution in [2.75, 3.05) is 13.7 Å². The maximum atomic E-state index is 12.5. The molecule has 23 heavy (non-hydrogen) atoms. The molecule has 1 aromatic rings. The lowest BCUT2D eigenvalue weighted by atomic mass is 9.91. The Bertz CT molecular complexity index is 612. The molecule has 1 aliphatic carbocycles. The maximum absolute atomic E-state index is 12.5. The number of ether oxygens (including phenoxy) is 2. The Morgan fingerprint density at radius 3 is 2.70 bits per heavy atom. The van der Waals surface area contributed by atoms with Gasteiger partial charge in [0.15, 0.2) is 11.5 Å². The second-order valence-corrected chi connectivity index (χ2v) is 5.81. The van der Waals surface area contributed by atoms with E-state index in [4.69, 9.17) is 15.9 Å². The van der Waals surface area contributed by atoms with E-state index in [0.29, 0.717) is 35.5 Å². The molecule has 0 aliphatic heterocycles. The number of benzene rings is 1. The van der Waals surface area contributed by atoms with Crippen LogP contribution in [0.25, 0.3) is 0 Å². The molecular formula is C18H23NO4. The molecule has 0 aromatic heterocycles. The van der Waals surface area contributed by atoms with Gasteiger partial charge in [-0.25, -0.2) is 0 Å². The monoisotopic (exact) mass is 317 g/mol. The number of carbonyl (C=O) groups excluding carboxylic acids is 1. The van der Waals surface area contributed by atoms with Crippen LogP contribution in [0.2, 0.25) is 0 Å². The first kappa shape index (κ1) is 17.2. The SMILES string of the molecule is C#CCOc1ccc(C(=O)NC2(O)CCCCC2)c(C)c1OC. The molecule has 1 amide bonds. The predicted octanol–water partition coefficient (Wildman–Crippen LogP) is 2.40. The minimum Gasteiger partial charge on any atom is -0.493 e. The molecule has 5 nitrogen and oxygen atoms in total. The van der Waals surface area contributed by atoms with Crippen LogP contribution in [-0.4, -0.2) is 30.5 Å². The summed E-state index contributed by atoms with van der Waals surface area (Å²) in [5.74, 6) is 3.05. The van der Waals surface area contributed by atoms with Crippen LogP contribution < -0.4 is 14.8 Å². The minimum absolute atomic E-state index is 0.126. The van der Waals surface area contributed by atoms with Gasteiger partial charge in [0, 0.05) is 11.1 Å². The molecule has 0 radical (unpaired) electrons. The summed E-state index contributed by atoms with van der Waals surface area (Å²) in [5, 5.41) is 13.2. The summed E-state index contributed by atoms with van der Waals surface area (Å²) in [6, 6.07) is 3.31. The predicted molar refractivity (Wildman–Crippen MR) is 87.6 cm³/mol. The molecule has 2 rings (SSSR count). The fourth-order valence-electron chi connectivity index (χ4n) is 2.94. The number of terminal acetylenes is 1. The zero-order valence-electron chi connectivity index (χ0n) is 13.6. The van der Waals surface area contributed by atoms with Gasteiger partial charge >= 0.3 is 0 Å². The third kappa shape index (κ3) is 3.96. The Morgan fingerprint density at radius 2 is 2.09 bits per heavy atom. The van der Waals surface area contributed by atoms with Crippen molar-refractivity contribution in [3.63, 3.8) is 0 Å². The molecule has 5 heteroatoms. The highest BCUT2D eigenvalue weighted by Gasteiger charge is 2.31. The smallest absolute Gasteiger partial charge is 0.253 e. The van der Waals surface area contributed by atoms with Crippen LogP contribution in [0.4, 0.5) is 0 Å². The zero-order valence-corrected chi connectivity index (χ0v) is 13.6. The van der Waals surface area contributed by atoms with E-state index in [9.17, 15) is 9.90 Å². The summed E-state index contributed by atoms with van der Waals surface area (Å²) < 4.78 is 10.8. The first-order chi connectivity index (χ1) is 11.0. The van der Waals surface area contributed by atoms with Crippen molar-refractivity contribution in [2.24, 2.45) is 0 Å². The average Bonchev–Trinajstić information content (AvgIpc) is 2.53. The molecule has 1 saturated carbocycles. The van der Waals surface area contributed by atoms with Gasteiger partial charge < -0.3 is 19.9 Å². The van der Waals surface area contributed by atoms with Crippen LogP contribution in [-0.2, 0) is 0 Å². The van der Waals surface area contributed by atoms with E-state index in [0.717, 1.165) is 19.3 Å². The normalized spacial score (nSPS) is 16.3. The van der Waals surface area contributed by atoms with E-state index < -0.39 is 5.72 Å². The van der Waals surface area contributed by atoms with Crippen LogP contribution in [0.1, 0.15) is 48.0 Å². The number of amides is 1. The van der Waals surface area contributed by atoms with Gasteiger partial charge in [-0.3, -0.25) is 4.79 Å². The summed E-state index contributed by atoms with van der Waals surface area (Å²) in [6.45, 7) is 1.91. The van der Waals surface area contributed by atoms with Crippen LogP contribution in [0.15, 0.2) is 12.1 Å². The van der Waals surface area contributed by atoms with Gasteiger partial charge in [-0.2, -0.15) is 0 Å². The molecule has 0 atom stereocenters. The summed E-state index contributed by atoms with van der Waals surface area (Å²) in [4.78, 5) is 12.5. The Labute approximate surface area is 137 Å². The fourth-order valence-corrected chi connectivity index (χ4v) is 2.94. The number of methoxy groups -OCH3 is 1. The van der Waals surface area contributed by atoms with Crippen molar-refractivity contribution in [1.29, 1.82) is 0 Å². The molecule has 0 spiro atoms. The van der Waals surface area contributed by atoms with E-state index in [1.165, 1.54) is 7.11 Å². The molecule has 0 saturated heterocycles. The van der Waals surface area contributed by atoms with Crippen molar-refractivity contribution >= 4 is 5.91 Å². The van der Waals surface area contributed by atoms with Gasteiger partial charge in [-0.1, -0.05) is 12.3 Å². The van der Waals surface area contributed by atoms with Crippen LogP contribution >= 0.6 is 0 Å². The van der Waals surface area contributed by atoms with E-state index in [-0.39, 0.29) is 12.5 Å². The molecule has 0 heterocycles. The highest BCUT2D eigenvalue weighted by Crippen LogP contribution is 2.33. The van der Waals surface area contributed by atoms with Crippen LogP contribution in [0.3, 0.4) is 0 Å². The highest BCUT2D eigenvalue weighted by molar-refractivity contribution is 5.97. The van der Waals surface area contributed by atoms with Crippen LogP contribution in [0.5, 0.6) is 11.5 Å². The lowest BCUT2D eigenvalue weighted by Crippen LogP contribution is -2.49. The van der Waals surface area contributed by atoms with Crippen molar-refractivity contribution < 1.29 is 19.4 Å². The molecule has 1 aromatic carbocycles. The van der Waals surface area contributed by atoms with E-state index in [2.05, 4.69) is 11.2 Å². The molecule has 1 fully saturated rings. The maximum Gasteiger partial charge on any atom is 0.253 e. The molecule has 0 unspecified atom stereocenters. The second kappa shape index (κ2) is 7.38. The first-order valence-corrected chi connectivity index (χ1v) is 7.79. The minimum atomic E-state index is -1.12. The second-order valence-electron chi connectivity index (χ2n) is 5.81. The number of carbonyl (C=O) groups is 1. The summed E-state index contributed by atoms with van der Waals surface area (Å²) in [7, 11) is 1.52. The van der Waals surface area contributed by atoms with Gasteiger partial charge in [0.25, 0.3) is 5.91 Å². The lowest BCUT2D eigenvalue weighted by Gasteiger charge is -2.33.